The molecule has 1 unspecified atom stereocenters. The van der Waals surface area contributed by atoms with Crippen molar-refractivity contribution >= 4 is 11.6 Å². The summed E-state index contributed by atoms with van der Waals surface area (Å²) >= 11 is 6.15. The van der Waals surface area contributed by atoms with Crippen molar-refractivity contribution in [1.82, 2.24) is 5.43 Å². The monoisotopic (exact) mass is 310 g/mol. The highest BCUT2D eigenvalue weighted by molar-refractivity contribution is 6.31. The molecule has 2 aromatic carbocycles. The number of benzene rings is 2. The number of hydrazine groups is 1. The maximum Gasteiger partial charge on any atom is 0.124 e. The van der Waals surface area contributed by atoms with Crippen LogP contribution in [0.2, 0.25) is 5.02 Å². The molecule has 0 saturated carbocycles. The van der Waals surface area contributed by atoms with Gasteiger partial charge in [-0.1, -0.05) is 11.6 Å². The Morgan fingerprint density at radius 3 is 2.48 bits per heavy atom. The van der Waals surface area contributed by atoms with Gasteiger partial charge >= 0.3 is 0 Å². The van der Waals surface area contributed by atoms with E-state index in [0.29, 0.717) is 27.6 Å². The summed E-state index contributed by atoms with van der Waals surface area (Å²) in [5.74, 6) is 6.49. The Balaban J connectivity index is 2.57. The fourth-order valence-corrected chi connectivity index (χ4v) is 2.37. The highest BCUT2D eigenvalue weighted by atomic mass is 35.5. The summed E-state index contributed by atoms with van der Waals surface area (Å²) in [7, 11) is 3.11. The van der Waals surface area contributed by atoms with Gasteiger partial charge in [0.25, 0.3) is 0 Å². The number of methoxy groups -OCH3 is 2. The lowest BCUT2D eigenvalue weighted by Gasteiger charge is -2.21. The van der Waals surface area contributed by atoms with Crippen LogP contribution in [0.5, 0.6) is 11.5 Å². The number of rotatable bonds is 5. The summed E-state index contributed by atoms with van der Waals surface area (Å²) in [4.78, 5) is 0. The van der Waals surface area contributed by atoms with E-state index in [2.05, 4.69) is 5.43 Å². The van der Waals surface area contributed by atoms with Gasteiger partial charge in [-0.3, -0.25) is 5.84 Å². The van der Waals surface area contributed by atoms with Crippen molar-refractivity contribution in [2.45, 2.75) is 6.04 Å². The first kappa shape index (κ1) is 15.6. The third-order valence-electron chi connectivity index (χ3n) is 3.18. The minimum atomic E-state index is -0.529. The van der Waals surface area contributed by atoms with Crippen LogP contribution in [0.4, 0.5) is 4.39 Å². The Labute approximate surface area is 127 Å². The van der Waals surface area contributed by atoms with Gasteiger partial charge in [-0.2, -0.15) is 0 Å². The molecule has 0 radical (unpaired) electrons. The molecule has 0 heterocycles. The first-order valence-electron chi connectivity index (χ1n) is 6.23. The molecule has 1 atom stereocenters. The fourth-order valence-electron chi connectivity index (χ4n) is 2.15. The lowest BCUT2D eigenvalue weighted by atomic mass is 9.98. The molecule has 0 amide bonds. The number of hydrogen-bond donors (Lipinski definition) is 2. The molecule has 0 bridgehead atoms. The zero-order valence-corrected chi connectivity index (χ0v) is 12.4. The normalized spacial score (nSPS) is 12.0. The molecule has 6 heteroatoms. The summed E-state index contributed by atoms with van der Waals surface area (Å²) < 4.78 is 24.0. The van der Waals surface area contributed by atoms with Crippen LogP contribution in [0.25, 0.3) is 0 Å². The zero-order chi connectivity index (χ0) is 15.4. The van der Waals surface area contributed by atoms with E-state index in [1.807, 2.05) is 0 Å². The highest BCUT2D eigenvalue weighted by Gasteiger charge is 2.21. The highest BCUT2D eigenvalue weighted by Crippen LogP contribution is 2.35. The van der Waals surface area contributed by atoms with Crippen molar-refractivity contribution in [3.63, 3.8) is 0 Å². The van der Waals surface area contributed by atoms with Crippen molar-refractivity contribution < 1.29 is 13.9 Å². The molecule has 112 valence electrons. The average molecular weight is 311 g/mol. The topological polar surface area (TPSA) is 56.5 Å². The second kappa shape index (κ2) is 6.76. The largest absolute Gasteiger partial charge is 0.497 e. The molecule has 0 saturated heterocycles. The number of ether oxygens (including phenoxy) is 2. The van der Waals surface area contributed by atoms with Crippen molar-refractivity contribution in [3.05, 3.63) is 58.4 Å². The van der Waals surface area contributed by atoms with E-state index in [4.69, 9.17) is 26.9 Å². The molecule has 21 heavy (non-hydrogen) atoms. The van der Waals surface area contributed by atoms with Crippen molar-refractivity contribution in [3.8, 4) is 11.5 Å². The molecule has 0 fully saturated rings. The molecule has 4 nitrogen and oxygen atoms in total. The molecule has 0 aromatic heterocycles. The molecule has 0 aliphatic heterocycles. The summed E-state index contributed by atoms with van der Waals surface area (Å²) in [6.45, 7) is 0. The van der Waals surface area contributed by atoms with Gasteiger partial charge in [-0.05, 0) is 42.0 Å². The van der Waals surface area contributed by atoms with Crippen LogP contribution in [0.1, 0.15) is 17.2 Å². The third kappa shape index (κ3) is 3.26. The van der Waals surface area contributed by atoms with Crippen LogP contribution < -0.4 is 20.7 Å². The van der Waals surface area contributed by atoms with E-state index in [-0.39, 0.29) is 0 Å². The third-order valence-corrected chi connectivity index (χ3v) is 3.53. The summed E-state index contributed by atoms with van der Waals surface area (Å²) in [5.41, 5.74) is 3.86. The van der Waals surface area contributed by atoms with Crippen molar-refractivity contribution in [2.24, 2.45) is 5.84 Å². The quantitative estimate of drug-likeness (QED) is 0.658. The maximum atomic E-state index is 13.5. The van der Waals surface area contributed by atoms with Gasteiger partial charge in [0.05, 0.1) is 20.3 Å². The van der Waals surface area contributed by atoms with Crippen LogP contribution in [0.3, 0.4) is 0 Å². The van der Waals surface area contributed by atoms with Gasteiger partial charge in [0.1, 0.15) is 17.3 Å². The Morgan fingerprint density at radius 1 is 1.10 bits per heavy atom. The molecule has 2 rings (SSSR count). The Bertz CT molecular complexity index is 637. The lowest BCUT2D eigenvalue weighted by Crippen LogP contribution is -2.29. The van der Waals surface area contributed by atoms with Crippen LogP contribution in [0.15, 0.2) is 36.4 Å². The second-order valence-electron chi connectivity index (χ2n) is 4.37. The number of nitrogens with two attached hydrogens (primary N) is 1. The van der Waals surface area contributed by atoms with Gasteiger partial charge in [0.2, 0.25) is 0 Å². The Morgan fingerprint density at radius 2 is 1.86 bits per heavy atom. The average Bonchev–Trinajstić information content (AvgIpc) is 2.51. The predicted octanol–water partition coefficient (Wildman–Crippen LogP) is 3.05. The molecule has 3 N–H and O–H groups in total. The number of halogens is 2. The molecular formula is C15H16ClFN2O2. The molecule has 0 spiro atoms. The Kier molecular flexibility index (Phi) is 5.01. The van der Waals surface area contributed by atoms with Gasteiger partial charge in [-0.25, -0.2) is 9.82 Å². The van der Waals surface area contributed by atoms with E-state index < -0.39 is 11.9 Å². The molecular weight excluding hydrogens is 295 g/mol. The van der Waals surface area contributed by atoms with Gasteiger partial charge in [0, 0.05) is 10.6 Å². The smallest absolute Gasteiger partial charge is 0.124 e. The minimum Gasteiger partial charge on any atom is -0.497 e. The van der Waals surface area contributed by atoms with E-state index in [0.717, 1.165) is 0 Å². The predicted molar refractivity (Wildman–Crippen MR) is 80.1 cm³/mol. The van der Waals surface area contributed by atoms with Crippen molar-refractivity contribution in [1.29, 1.82) is 0 Å². The van der Waals surface area contributed by atoms with Crippen LogP contribution >= 0.6 is 11.6 Å². The van der Waals surface area contributed by atoms with E-state index >= 15 is 0 Å². The standard InChI is InChI=1S/C15H16ClFN2O2/c1-20-10-4-6-14(21-2)12(8-10)15(19-18)11-7-9(17)3-5-13(11)16/h3-8,15,19H,18H2,1-2H3. The summed E-state index contributed by atoms with van der Waals surface area (Å²) in [6, 6.07) is 8.88. The fraction of sp³-hybridized carbons (Fsp3) is 0.200. The van der Waals surface area contributed by atoms with Gasteiger partial charge in [-0.15, -0.1) is 0 Å². The van der Waals surface area contributed by atoms with Crippen LogP contribution in [-0.4, -0.2) is 14.2 Å². The summed E-state index contributed by atoms with van der Waals surface area (Å²) in [6.07, 6.45) is 0. The number of nitrogens with one attached hydrogen (secondary N) is 1. The van der Waals surface area contributed by atoms with Gasteiger partial charge in [0.15, 0.2) is 0 Å². The first-order chi connectivity index (χ1) is 10.1. The molecule has 0 aliphatic rings. The Hall–Kier alpha value is -1.82. The SMILES string of the molecule is COc1ccc(OC)c(C(NN)c2cc(F)ccc2Cl)c1. The van der Waals surface area contributed by atoms with Crippen molar-refractivity contribution in [2.75, 3.05) is 14.2 Å². The van der Waals surface area contributed by atoms with E-state index in [9.17, 15) is 4.39 Å². The van der Waals surface area contributed by atoms with Crippen LogP contribution in [0, 0.1) is 5.82 Å². The maximum absolute atomic E-state index is 13.5. The molecule has 2 aromatic rings. The molecule has 0 aliphatic carbocycles. The second-order valence-corrected chi connectivity index (χ2v) is 4.78. The van der Waals surface area contributed by atoms with Crippen LogP contribution in [-0.2, 0) is 0 Å². The lowest BCUT2D eigenvalue weighted by molar-refractivity contribution is 0.394. The number of hydrogen-bond acceptors (Lipinski definition) is 4. The minimum absolute atomic E-state index is 0.392. The van der Waals surface area contributed by atoms with E-state index in [1.54, 1.807) is 32.4 Å². The summed E-state index contributed by atoms with van der Waals surface area (Å²) in [5, 5.41) is 0.407. The van der Waals surface area contributed by atoms with Gasteiger partial charge < -0.3 is 9.47 Å². The zero-order valence-electron chi connectivity index (χ0n) is 11.7. The van der Waals surface area contributed by atoms with E-state index in [1.165, 1.54) is 18.2 Å². The first-order valence-corrected chi connectivity index (χ1v) is 6.61.